The quantitative estimate of drug-likeness (QED) is 0.503. The van der Waals surface area contributed by atoms with Crippen molar-refractivity contribution in [3.05, 3.63) is 64.5 Å². The minimum atomic E-state index is -1.55. The first-order valence-electron chi connectivity index (χ1n) is 7.66. The number of thiophene rings is 1. The van der Waals surface area contributed by atoms with Gasteiger partial charge in [0.15, 0.2) is 16.6 Å². The summed E-state index contributed by atoms with van der Waals surface area (Å²) in [5, 5.41) is 2.70. The average Bonchev–Trinajstić information content (AvgIpc) is 3.27. The predicted molar refractivity (Wildman–Crippen MR) is 106 cm³/mol. The lowest BCUT2D eigenvalue weighted by molar-refractivity contribution is 0.102. The van der Waals surface area contributed by atoms with Gasteiger partial charge in [-0.3, -0.25) is 9.52 Å². The van der Waals surface area contributed by atoms with Gasteiger partial charge in [-0.15, -0.1) is 11.3 Å². The number of hydrogen-bond donors (Lipinski definition) is 2. The van der Waals surface area contributed by atoms with Crippen molar-refractivity contribution >= 4 is 62.9 Å². The lowest BCUT2D eigenvalue weighted by Gasteiger charge is -2.03. The molecule has 7 nitrogen and oxygen atoms in total. The molecule has 4 rings (SSSR count). The number of aromatic nitrogens is 2. The molecule has 0 bridgehead atoms. The Bertz CT molecular complexity index is 1140. The highest BCUT2D eigenvalue weighted by Gasteiger charge is 2.14. The van der Waals surface area contributed by atoms with Crippen molar-refractivity contribution in [2.75, 3.05) is 10.0 Å². The van der Waals surface area contributed by atoms with Crippen molar-refractivity contribution in [1.29, 1.82) is 0 Å². The molecule has 0 saturated heterocycles. The third kappa shape index (κ3) is 4.00. The summed E-state index contributed by atoms with van der Waals surface area (Å²) in [6.45, 7) is 0. The van der Waals surface area contributed by atoms with Crippen LogP contribution in [0.15, 0.2) is 63.2 Å². The highest BCUT2D eigenvalue weighted by atomic mass is 35.5. The lowest BCUT2D eigenvalue weighted by Crippen LogP contribution is -2.12. The Balaban J connectivity index is 1.51. The van der Waals surface area contributed by atoms with Crippen molar-refractivity contribution in [3.8, 4) is 0 Å². The second-order valence-corrected chi connectivity index (χ2v) is 8.44. The Kier molecular flexibility index (Phi) is 4.88. The van der Waals surface area contributed by atoms with E-state index >= 15 is 0 Å². The first kappa shape index (κ1) is 17.7. The van der Waals surface area contributed by atoms with Crippen molar-refractivity contribution < 1.29 is 13.4 Å². The number of fused-ring (bicyclic) bond motifs is 1. The van der Waals surface area contributed by atoms with Crippen molar-refractivity contribution in [3.63, 3.8) is 0 Å². The Morgan fingerprint density at radius 1 is 1.07 bits per heavy atom. The van der Waals surface area contributed by atoms with E-state index in [9.17, 15) is 9.00 Å². The van der Waals surface area contributed by atoms with Crippen molar-refractivity contribution in [1.82, 2.24) is 9.97 Å². The summed E-state index contributed by atoms with van der Waals surface area (Å²) in [7, 11) is -1.55. The van der Waals surface area contributed by atoms with E-state index in [0.29, 0.717) is 25.5 Å². The molecule has 3 aromatic heterocycles. The van der Waals surface area contributed by atoms with Gasteiger partial charge in [-0.25, -0.2) is 9.19 Å². The number of benzene rings is 1. The Labute approximate surface area is 165 Å². The molecule has 0 fully saturated rings. The molecule has 27 heavy (non-hydrogen) atoms. The van der Waals surface area contributed by atoms with Gasteiger partial charge in [-0.05, 0) is 36.4 Å². The molecule has 0 saturated carbocycles. The number of halogens is 1. The molecule has 2 N–H and O–H groups in total. The molecule has 4 aromatic rings. The molecule has 10 heteroatoms. The van der Waals surface area contributed by atoms with Crippen LogP contribution in [0.5, 0.6) is 0 Å². The van der Waals surface area contributed by atoms with E-state index in [1.165, 1.54) is 11.3 Å². The molecule has 0 radical (unpaired) electrons. The number of nitrogens with one attached hydrogen (secondary N) is 2. The fourth-order valence-corrected chi connectivity index (χ4v) is 4.39. The fraction of sp³-hybridized carbons (Fsp3) is 0. The van der Waals surface area contributed by atoms with Crippen LogP contribution in [0.25, 0.3) is 11.2 Å². The number of nitrogens with zero attached hydrogens (tertiary/aromatic N) is 2. The molecule has 0 aliphatic rings. The molecule has 0 aliphatic heterocycles. The number of oxazole rings is 1. The fourth-order valence-electron chi connectivity index (χ4n) is 2.24. The smallest absolute Gasteiger partial charge is 0.309 e. The molecule has 0 spiro atoms. The van der Waals surface area contributed by atoms with E-state index in [-0.39, 0.29) is 17.6 Å². The molecule has 3 heterocycles. The second-order valence-electron chi connectivity index (χ2n) is 5.29. The minimum absolute atomic E-state index is 0.0619. The zero-order valence-electron chi connectivity index (χ0n) is 13.5. The Morgan fingerprint density at radius 3 is 2.63 bits per heavy atom. The van der Waals surface area contributed by atoms with Gasteiger partial charge < -0.3 is 9.73 Å². The number of hydrogen-bond acceptors (Lipinski definition) is 6. The van der Waals surface area contributed by atoms with E-state index in [4.69, 9.17) is 16.0 Å². The summed E-state index contributed by atoms with van der Waals surface area (Å²) < 4.78 is 21.5. The normalized spacial score (nSPS) is 12.0. The largest absolute Gasteiger partial charge is 0.421 e. The van der Waals surface area contributed by atoms with Crippen LogP contribution in [0, 0.1) is 0 Å². The summed E-state index contributed by atoms with van der Waals surface area (Å²) in [4.78, 5) is 20.6. The van der Waals surface area contributed by atoms with E-state index in [0.717, 1.165) is 0 Å². The van der Waals surface area contributed by atoms with E-state index in [1.54, 1.807) is 48.5 Å². The highest BCUT2D eigenvalue weighted by molar-refractivity contribution is 7.88. The van der Waals surface area contributed by atoms with Gasteiger partial charge in [0.2, 0.25) is 5.65 Å². The van der Waals surface area contributed by atoms with Crippen LogP contribution in [-0.2, 0) is 11.0 Å². The molecule has 1 unspecified atom stereocenters. The Morgan fingerprint density at radius 2 is 1.89 bits per heavy atom. The zero-order valence-corrected chi connectivity index (χ0v) is 15.9. The van der Waals surface area contributed by atoms with Crippen LogP contribution in [-0.4, -0.2) is 20.1 Å². The van der Waals surface area contributed by atoms with Crippen LogP contribution in [0.3, 0.4) is 0 Å². The number of carbonyl (C=O) groups is 1. The molecular weight excluding hydrogens is 408 g/mol. The summed E-state index contributed by atoms with van der Waals surface area (Å²) >= 11 is 7.05. The molecule has 1 amide bonds. The topological polar surface area (TPSA) is 97.1 Å². The number of amides is 1. The van der Waals surface area contributed by atoms with Gasteiger partial charge in [0.1, 0.15) is 10.0 Å². The van der Waals surface area contributed by atoms with Gasteiger partial charge in [0, 0.05) is 5.56 Å². The number of carbonyl (C=O) groups excluding carboxylic acids is 1. The van der Waals surface area contributed by atoms with Gasteiger partial charge in [-0.2, -0.15) is 4.98 Å². The first-order chi connectivity index (χ1) is 13.1. The molecule has 1 atom stereocenters. The SMILES string of the molecule is O=C(Nc1ccc2oc(NS(=O)c3ccc(Cl)s3)nc2n1)c1ccccc1. The summed E-state index contributed by atoms with van der Waals surface area (Å²) in [5.74, 6) is 0.0577. The predicted octanol–water partition coefficient (Wildman–Crippen LogP) is 4.32. The molecule has 1 aromatic carbocycles. The number of anilines is 2. The van der Waals surface area contributed by atoms with Crippen LogP contribution < -0.4 is 10.0 Å². The average molecular weight is 419 g/mol. The van der Waals surface area contributed by atoms with Gasteiger partial charge in [0.05, 0.1) is 4.34 Å². The summed E-state index contributed by atoms with van der Waals surface area (Å²) in [5.41, 5.74) is 1.20. The maximum atomic E-state index is 12.2. The second kappa shape index (κ2) is 7.47. The minimum Gasteiger partial charge on any atom is -0.421 e. The third-order valence-electron chi connectivity index (χ3n) is 3.44. The van der Waals surface area contributed by atoms with Gasteiger partial charge in [-0.1, -0.05) is 29.8 Å². The number of rotatable bonds is 5. The van der Waals surface area contributed by atoms with Crippen molar-refractivity contribution in [2.24, 2.45) is 0 Å². The van der Waals surface area contributed by atoms with E-state index in [1.807, 2.05) is 6.07 Å². The molecule has 136 valence electrons. The summed E-state index contributed by atoms with van der Waals surface area (Å²) in [6.07, 6.45) is 0. The summed E-state index contributed by atoms with van der Waals surface area (Å²) in [6, 6.07) is 15.4. The van der Waals surface area contributed by atoms with Gasteiger partial charge in [0.25, 0.3) is 5.91 Å². The number of pyridine rings is 1. The standard InChI is InChI=1S/C17H11ClN4O3S2/c18-12-7-9-14(26-12)27(24)22-17-21-15-11(25-17)6-8-13(19-15)20-16(23)10-4-2-1-3-5-10/h1-9H,(H2,19,20,21,22,23). The van der Waals surface area contributed by atoms with Crippen molar-refractivity contribution in [2.45, 2.75) is 4.21 Å². The maximum absolute atomic E-state index is 12.2. The lowest BCUT2D eigenvalue weighted by atomic mass is 10.2. The van der Waals surface area contributed by atoms with Gasteiger partial charge >= 0.3 is 6.01 Å². The van der Waals surface area contributed by atoms with E-state index < -0.39 is 11.0 Å². The van der Waals surface area contributed by atoms with Crippen LogP contribution in [0.4, 0.5) is 11.8 Å². The Hall–Kier alpha value is -2.75. The van der Waals surface area contributed by atoms with Crippen LogP contribution in [0.2, 0.25) is 4.34 Å². The van der Waals surface area contributed by atoms with E-state index in [2.05, 4.69) is 20.0 Å². The first-order valence-corrected chi connectivity index (χ1v) is 10.0. The maximum Gasteiger partial charge on any atom is 0.309 e. The third-order valence-corrected chi connectivity index (χ3v) is 6.03. The highest BCUT2D eigenvalue weighted by Crippen LogP contribution is 2.26. The van der Waals surface area contributed by atoms with Crippen LogP contribution in [0.1, 0.15) is 10.4 Å². The molecule has 0 aliphatic carbocycles. The monoisotopic (exact) mass is 418 g/mol. The molecular formula is C17H11ClN4O3S2. The van der Waals surface area contributed by atoms with Crippen LogP contribution >= 0.6 is 22.9 Å². The zero-order chi connectivity index (χ0) is 18.8.